The van der Waals surface area contributed by atoms with Crippen molar-refractivity contribution in [1.29, 1.82) is 0 Å². The Morgan fingerprint density at radius 2 is 2.15 bits per heavy atom. The van der Waals surface area contributed by atoms with Crippen LogP contribution in [0.3, 0.4) is 0 Å². The molecular weight excluding hydrogens is 256 g/mol. The van der Waals surface area contributed by atoms with Gasteiger partial charge in [-0.05, 0) is 37.6 Å². The SMILES string of the molecule is CN(C[C@@H]1CCCN1)C(=O)c1ccc2c(c1)OCCO2. The van der Waals surface area contributed by atoms with Crippen molar-refractivity contribution in [2.45, 2.75) is 18.9 Å². The standard InChI is InChI=1S/C15H20N2O3/c1-17(10-12-3-2-6-16-12)15(18)11-4-5-13-14(9-11)20-8-7-19-13/h4-5,9,12,16H,2-3,6-8,10H2,1H3/t12-/m0/s1. The summed E-state index contributed by atoms with van der Waals surface area (Å²) in [6, 6.07) is 5.80. The van der Waals surface area contributed by atoms with Crippen molar-refractivity contribution in [2.24, 2.45) is 0 Å². The Morgan fingerprint density at radius 1 is 1.35 bits per heavy atom. The zero-order valence-corrected chi connectivity index (χ0v) is 11.7. The van der Waals surface area contributed by atoms with Gasteiger partial charge in [-0.1, -0.05) is 0 Å². The van der Waals surface area contributed by atoms with Gasteiger partial charge in [0.1, 0.15) is 13.2 Å². The van der Waals surface area contributed by atoms with Crippen molar-refractivity contribution in [1.82, 2.24) is 10.2 Å². The number of carbonyl (C=O) groups excluding carboxylic acids is 1. The van der Waals surface area contributed by atoms with Crippen molar-refractivity contribution in [3.05, 3.63) is 23.8 Å². The summed E-state index contributed by atoms with van der Waals surface area (Å²) in [5, 5.41) is 3.41. The molecule has 1 aromatic rings. The van der Waals surface area contributed by atoms with Gasteiger partial charge < -0.3 is 19.7 Å². The minimum Gasteiger partial charge on any atom is -0.486 e. The fourth-order valence-electron chi connectivity index (χ4n) is 2.72. The van der Waals surface area contributed by atoms with E-state index in [0.717, 1.165) is 19.5 Å². The molecule has 1 saturated heterocycles. The minimum absolute atomic E-state index is 0.0238. The van der Waals surface area contributed by atoms with Gasteiger partial charge in [0, 0.05) is 25.2 Å². The molecule has 2 aliphatic rings. The Labute approximate surface area is 118 Å². The van der Waals surface area contributed by atoms with Crippen LogP contribution in [-0.2, 0) is 0 Å². The van der Waals surface area contributed by atoms with Crippen LogP contribution >= 0.6 is 0 Å². The lowest BCUT2D eigenvalue weighted by molar-refractivity contribution is 0.0782. The molecule has 1 atom stereocenters. The average molecular weight is 276 g/mol. The molecule has 0 unspecified atom stereocenters. The Bertz CT molecular complexity index is 498. The molecule has 3 rings (SSSR count). The fourth-order valence-corrected chi connectivity index (χ4v) is 2.72. The van der Waals surface area contributed by atoms with E-state index in [0.29, 0.717) is 36.3 Å². The van der Waals surface area contributed by atoms with Crippen molar-refractivity contribution in [3.8, 4) is 11.5 Å². The summed E-state index contributed by atoms with van der Waals surface area (Å²) in [6.45, 7) is 2.89. The lowest BCUT2D eigenvalue weighted by Gasteiger charge is -2.23. The summed E-state index contributed by atoms with van der Waals surface area (Å²) in [5.41, 5.74) is 0.648. The van der Waals surface area contributed by atoms with Gasteiger partial charge in [-0.2, -0.15) is 0 Å². The van der Waals surface area contributed by atoms with E-state index in [1.54, 1.807) is 17.0 Å². The molecule has 1 aromatic carbocycles. The maximum Gasteiger partial charge on any atom is 0.253 e. The normalized spacial score (nSPS) is 20.8. The zero-order valence-electron chi connectivity index (χ0n) is 11.7. The van der Waals surface area contributed by atoms with Crippen LogP contribution in [0.4, 0.5) is 0 Å². The van der Waals surface area contributed by atoms with Gasteiger partial charge in [0.15, 0.2) is 11.5 Å². The summed E-state index contributed by atoms with van der Waals surface area (Å²) in [6.07, 6.45) is 2.33. The molecule has 2 aliphatic heterocycles. The number of benzene rings is 1. The van der Waals surface area contributed by atoms with Gasteiger partial charge in [-0.25, -0.2) is 0 Å². The number of likely N-dealkylation sites (N-methyl/N-ethyl adjacent to an activating group) is 1. The monoisotopic (exact) mass is 276 g/mol. The van der Waals surface area contributed by atoms with E-state index in [1.165, 1.54) is 6.42 Å². The fraction of sp³-hybridized carbons (Fsp3) is 0.533. The number of carbonyl (C=O) groups is 1. The van der Waals surface area contributed by atoms with Crippen LogP contribution in [-0.4, -0.2) is 50.2 Å². The average Bonchev–Trinajstić information content (AvgIpc) is 2.99. The van der Waals surface area contributed by atoms with Gasteiger partial charge in [-0.3, -0.25) is 4.79 Å². The van der Waals surface area contributed by atoms with Crippen molar-refractivity contribution in [3.63, 3.8) is 0 Å². The van der Waals surface area contributed by atoms with Crippen molar-refractivity contribution >= 4 is 5.91 Å². The first kappa shape index (κ1) is 13.2. The van der Waals surface area contributed by atoms with E-state index in [-0.39, 0.29) is 5.91 Å². The summed E-state index contributed by atoms with van der Waals surface area (Å²) in [4.78, 5) is 14.2. The highest BCUT2D eigenvalue weighted by Gasteiger charge is 2.21. The summed E-state index contributed by atoms with van der Waals surface area (Å²) < 4.78 is 11.0. The number of amides is 1. The van der Waals surface area contributed by atoms with E-state index < -0.39 is 0 Å². The molecular formula is C15H20N2O3. The van der Waals surface area contributed by atoms with E-state index in [2.05, 4.69) is 5.32 Å². The van der Waals surface area contributed by atoms with Crippen LogP contribution in [0.2, 0.25) is 0 Å². The zero-order chi connectivity index (χ0) is 13.9. The highest BCUT2D eigenvalue weighted by molar-refractivity contribution is 5.94. The van der Waals surface area contributed by atoms with Crippen LogP contribution in [0, 0.1) is 0 Å². The second-order valence-electron chi connectivity index (χ2n) is 5.34. The number of hydrogen-bond acceptors (Lipinski definition) is 4. The van der Waals surface area contributed by atoms with Gasteiger partial charge in [0.25, 0.3) is 5.91 Å². The molecule has 1 N–H and O–H groups in total. The molecule has 5 nitrogen and oxygen atoms in total. The van der Waals surface area contributed by atoms with Gasteiger partial charge in [0.2, 0.25) is 0 Å². The molecule has 0 spiro atoms. The Balaban J connectivity index is 1.69. The first-order valence-electron chi connectivity index (χ1n) is 7.12. The van der Waals surface area contributed by atoms with Crippen LogP contribution in [0.15, 0.2) is 18.2 Å². The second-order valence-corrected chi connectivity index (χ2v) is 5.34. The first-order chi connectivity index (χ1) is 9.74. The number of ether oxygens (including phenoxy) is 2. The lowest BCUT2D eigenvalue weighted by Crippen LogP contribution is -2.38. The predicted molar refractivity (Wildman–Crippen MR) is 75.4 cm³/mol. The molecule has 0 radical (unpaired) electrons. The third-order valence-corrected chi connectivity index (χ3v) is 3.79. The van der Waals surface area contributed by atoms with Crippen molar-refractivity contribution < 1.29 is 14.3 Å². The maximum absolute atomic E-state index is 12.4. The summed E-state index contributed by atoms with van der Waals surface area (Å²) in [7, 11) is 1.85. The third-order valence-electron chi connectivity index (χ3n) is 3.79. The largest absolute Gasteiger partial charge is 0.486 e. The van der Waals surface area contributed by atoms with Crippen molar-refractivity contribution in [2.75, 3.05) is 33.4 Å². The Hall–Kier alpha value is -1.75. The molecule has 2 heterocycles. The molecule has 1 fully saturated rings. The number of nitrogens with zero attached hydrogens (tertiary/aromatic N) is 1. The topological polar surface area (TPSA) is 50.8 Å². The second kappa shape index (κ2) is 5.71. The van der Waals surface area contributed by atoms with Crippen LogP contribution in [0.25, 0.3) is 0 Å². The molecule has 108 valence electrons. The highest BCUT2D eigenvalue weighted by atomic mass is 16.6. The highest BCUT2D eigenvalue weighted by Crippen LogP contribution is 2.31. The van der Waals surface area contributed by atoms with Crippen LogP contribution < -0.4 is 14.8 Å². The Kier molecular flexibility index (Phi) is 3.78. The quantitative estimate of drug-likeness (QED) is 0.903. The number of hydrogen-bond donors (Lipinski definition) is 1. The lowest BCUT2D eigenvalue weighted by atomic mass is 10.1. The smallest absolute Gasteiger partial charge is 0.253 e. The Morgan fingerprint density at radius 3 is 2.90 bits per heavy atom. The van der Waals surface area contributed by atoms with E-state index in [1.807, 2.05) is 13.1 Å². The van der Waals surface area contributed by atoms with E-state index >= 15 is 0 Å². The van der Waals surface area contributed by atoms with E-state index in [9.17, 15) is 4.79 Å². The predicted octanol–water partition coefficient (Wildman–Crippen LogP) is 1.28. The summed E-state index contributed by atoms with van der Waals surface area (Å²) in [5.74, 6) is 1.40. The maximum atomic E-state index is 12.4. The molecule has 1 amide bonds. The van der Waals surface area contributed by atoms with E-state index in [4.69, 9.17) is 9.47 Å². The third kappa shape index (κ3) is 2.72. The van der Waals surface area contributed by atoms with Gasteiger partial charge in [-0.15, -0.1) is 0 Å². The van der Waals surface area contributed by atoms with Crippen LogP contribution in [0.1, 0.15) is 23.2 Å². The first-order valence-corrected chi connectivity index (χ1v) is 7.12. The molecule has 0 aromatic heterocycles. The number of rotatable bonds is 3. The molecule has 0 aliphatic carbocycles. The van der Waals surface area contributed by atoms with Gasteiger partial charge in [0.05, 0.1) is 0 Å². The molecule has 0 bridgehead atoms. The molecule has 20 heavy (non-hydrogen) atoms. The summed E-state index contributed by atoms with van der Waals surface area (Å²) >= 11 is 0. The molecule has 0 saturated carbocycles. The number of nitrogens with one attached hydrogen (secondary N) is 1. The van der Waals surface area contributed by atoms with Crippen LogP contribution in [0.5, 0.6) is 11.5 Å². The molecule has 5 heteroatoms. The number of fused-ring (bicyclic) bond motifs is 1. The minimum atomic E-state index is 0.0238. The van der Waals surface area contributed by atoms with Gasteiger partial charge >= 0.3 is 0 Å².